The number of hydrogen-bond acceptors (Lipinski definition) is 1. The van der Waals surface area contributed by atoms with Crippen LogP contribution in [-0.4, -0.2) is 11.1 Å². The third-order valence-electron chi connectivity index (χ3n) is 4.75. The number of fused-ring (bicyclic) bond motifs is 3. The average molecular weight is 290 g/mol. The van der Waals surface area contributed by atoms with Crippen molar-refractivity contribution in [2.45, 2.75) is 32.9 Å². The van der Waals surface area contributed by atoms with Crippen LogP contribution < -0.4 is 5.32 Å². The zero-order valence-corrected chi connectivity index (χ0v) is 13.1. The van der Waals surface area contributed by atoms with Gasteiger partial charge in [0.05, 0.1) is 0 Å². The topological polar surface area (TPSA) is 17.0 Å². The molecule has 1 aliphatic heterocycles. The van der Waals surface area contributed by atoms with Crippen molar-refractivity contribution in [3.8, 4) is 0 Å². The lowest BCUT2D eigenvalue weighted by atomic mass is 10.0. The molecule has 2 aromatic carbocycles. The van der Waals surface area contributed by atoms with Gasteiger partial charge in [0.25, 0.3) is 0 Å². The fourth-order valence-electron chi connectivity index (χ4n) is 3.63. The first-order chi connectivity index (χ1) is 10.8. The van der Waals surface area contributed by atoms with Crippen LogP contribution in [0.25, 0.3) is 10.9 Å². The molecule has 112 valence electrons. The van der Waals surface area contributed by atoms with Gasteiger partial charge in [-0.2, -0.15) is 0 Å². The molecule has 0 atom stereocenters. The first kappa shape index (κ1) is 13.6. The lowest BCUT2D eigenvalue weighted by Gasteiger charge is -2.17. The molecule has 3 aromatic rings. The largest absolute Gasteiger partial charge is 0.344 e. The van der Waals surface area contributed by atoms with Gasteiger partial charge in [0, 0.05) is 42.7 Å². The summed E-state index contributed by atoms with van der Waals surface area (Å²) >= 11 is 0. The highest BCUT2D eigenvalue weighted by molar-refractivity contribution is 5.86. The van der Waals surface area contributed by atoms with Crippen LogP contribution in [0.3, 0.4) is 0 Å². The van der Waals surface area contributed by atoms with E-state index in [1.807, 2.05) is 0 Å². The Bertz CT molecular complexity index is 799. The fraction of sp³-hybridized carbons (Fsp3) is 0.300. The van der Waals surface area contributed by atoms with Crippen molar-refractivity contribution in [1.29, 1.82) is 0 Å². The van der Waals surface area contributed by atoms with Gasteiger partial charge in [-0.05, 0) is 36.6 Å². The van der Waals surface area contributed by atoms with Crippen LogP contribution in [0.15, 0.2) is 48.5 Å². The van der Waals surface area contributed by atoms with E-state index < -0.39 is 0 Å². The summed E-state index contributed by atoms with van der Waals surface area (Å²) < 4.78 is 2.55. The van der Waals surface area contributed by atoms with Crippen molar-refractivity contribution in [3.05, 3.63) is 70.9 Å². The molecule has 0 radical (unpaired) electrons. The Hall–Kier alpha value is -2.06. The summed E-state index contributed by atoms with van der Waals surface area (Å²) in [6.45, 7) is 5.35. The molecule has 2 nitrogen and oxygen atoms in total. The Morgan fingerprint density at radius 1 is 1.09 bits per heavy atom. The minimum atomic E-state index is 1.01. The standard InChI is InChI=1S/C20H22N2/c1-15-7-8-19-17(13-15)18-14-21-11-9-20(18)22(19)12-10-16-5-3-2-4-6-16/h2-8,13,21H,9-12,14H2,1H3. The van der Waals surface area contributed by atoms with Gasteiger partial charge in [0.2, 0.25) is 0 Å². The normalized spacial score (nSPS) is 14.2. The van der Waals surface area contributed by atoms with Crippen molar-refractivity contribution in [1.82, 2.24) is 9.88 Å². The first-order valence-electron chi connectivity index (χ1n) is 8.18. The van der Waals surface area contributed by atoms with Gasteiger partial charge in [-0.25, -0.2) is 0 Å². The highest BCUT2D eigenvalue weighted by atomic mass is 15.0. The number of benzene rings is 2. The second kappa shape index (κ2) is 5.62. The molecule has 4 rings (SSSR count). The second-order valence-electron chi connectivity index (χ2n) is 6.26. The molecule has 0 saturated carbocycles. The Kier molecular flexibility index (Phi) is 3.47. The number of nitrogens with zero attached hydrogens (tertiary/aromatic N) is 1. The predicted molar refractivity (Wildman–Crippen MR) is 92.2 cm³/mol. The molecule has 1 N–H and O–H groups in total. The van der Waals surface area contributed by atoms with E-state index in [1.54, 1.807) is 0 Å². The van der Waals surface area contributed by atoms with Crippen LogP contribution in [0.4, 0.5) is 0 Å². The van der Waals surface area contributed by atoms with E-state index in [4.69, 9.17) is 0 Å². The third kappa shape index (κ3) is 2.34. The van der Waals surface area contributed by atoms with Crippen LogP contribution in [0, 0.1) is 6.92 Å². The van der Waals surface area contributed by atoms with Crippen LogP contribution in [-0.2, 0) is 25.9 Å². The van der Waals surface area contributed by atoms with E-state index >= 15 is 0 Å². The molecule has 2 heteroatoms. The van der Waals surface area contributed by atoms with Crippen LogP contribution in [0.2, 0.25) is 0 Å². The third-order valence-corrected chi connectivity index (χ3v) is 4.75. The van der Waals surface area contributed by atoms with Gasteiger partial charge in [0.1, 0.15) is 0 Å². The van der Waals surface area contributed by atoms with Crippen LogP contribution in [0.5, 0.6) is 0 Å². The summed E-state index contributed by atoms with van der Waals surface area (Å²) in [5.74, 6) is 0. The molecule has 0 unspecified atom stereocenters. The smallest absolute Gasteiger partial charge is 0.0486 e. The molecule has 0 spiro atoms. The predicted octanol–water partition coefficient (Wildman–Crippen LogP) is 3.84. The Morgan fingerprint density at radius 3 is 2.82 bits per heavy atom. The van der Waals surface area contributed by atoms with Crippen molar-refractivity contribution >= 4 is 10.9 Å². The van der Waals surface area contributed by atoms with Crippen LogP contribution >= 0.6 is 0 Å². The number of rotatable bonds is 3. The second-order valence-corrected chi connectivity index (χ2v) is 6.26. The summed E-state index contributed by atoms with van der Waals surface area (Å²) in [5, 5.41) is 4.97. The quantitative estimate of drug-likeness (QED) is 0.775. The Balaban J connectivity index is 1.76. The molecule has 2 heterocycles. The van der Waals surface area contributed by atoms with Gasteiger partial charge >= 0.3 is 0 Å². The van der Waals surface area contributed by atoms with Gasteiger partial charge in [-0.3, -0.25) is 0 Å². The van der Waals surface area contributed by atoms with E-state index in [0.29, 0.717) is 0 Å². The number of aromatic nitrogens is 1. The van der Waals surface area contributed by atoms with Gasteiger partial charge in [-0.1, -0.05) is 42.0 Å². The van der Waals surface area contributed by atoms with E-state index in [9.17, 15) is 0 Å². The van der Waals surface area contributed by atoms with Crippen molar-refractivity contribution < 1.29 is 0 Å². The molecule has 0 fully saturated rings. The van der Waals surface area contributed by atoms with E-state index in [0.717, 1.165) is 32.5 Å². The van der Waals surface area contributed by atoms with Crippen molar-refractivity contribution in [2.24, 2.45) is 0 Å². The monoisotopic (exact) mass is 290 g/mol. The summed E-state index contributed by atoms with van der Waals surface area (Å²) in [5.41, 5.74) is 7.21. The number of aryl methyl sites for hydroxylation is 3. The number of hydrogen-bond donors (Lipinski definition) is 1. The molecule has 0 aliphatic carbocycles. The maximum Gasteiger partial charge on any atom is 0.0486 e. The Morgan fingerprint density at radius 2 is 1.95 bits per heavy atom. The molecule has 22 heavy (non-hydrogen) atoms. The van der Waals surface area contributed by atoms with Gasteiger partial charge in [0.15, 0.2) is 0 Å². The van der Waals surface area contributed by atoms with Crippen LogP contribution in [0.1, 0.15) is 22.4 Å². The zero-order valence-electron chi connectivity index (χ0n) is 13.1. The van der Waals surface area contributed by atoms with Crippen molar-refractivity contribution in [2.75, 3.05) is 6.54 Å². The summed E-state index contributed by atoms with van der Waals surface area (Å²) in [6, 6.07) is 17.7. The Labute approximate surface area is 131 Å². The molecule has 0 bridgehead atoms. The molecule has 1 aromatic heterocycles. The molecular weight excluding hydrogens is 268 g/mol. The zero-order chi connectivity index (χ0) is 14.9. The highest BCUT2D eigenvalue weighted by Crippen LogP contribution is 2.29. The average Bonchev–Trinajstić information content (AvgIpc) is 2.87. The maximum atomic E-state index is 3.53. The lowest BCUT2D eigenvalue weighted by Crippen LogP contribution is -2.24. The summed E-state index contributed by atoms with van der Waals surface area (Å²) in [7, 11) is 0. The minimum absolute atomic E-state index is 1.01. The SMILES string of the molecule is Cc1ccc2c(c1)c1c(n2CCc2ccccc2)CCNC1. The fourth-order valence-corrected chi connectivity index (χ4v) is 3.63. The van der Waals surface area contributed by atoms with E-state index in [1.165, 1.54) is 33.3 Å². The van der Waals surface area contributed by atoms with Gasteiger partial charge in [-0.15, -0.1) is 0 Å². The molecule has 0 saturated heterocycles. The summed E-state index contributed by atoms with van der Waals surface area (Å²) in [6.07, 6.45) is 2.23. The molecular formula is C20H22N2. The number of nitrogens with one attached hydrogen (secondary N) is 1. The molecule has 0 amide bonds. The van der Waals surface area contributed by atoms with E-state index in [2.05, 4.69) is 65.3 Å². The molecule has 1 aliphatic rings. The maximum absolute atomic E-state index is 3.53. The highest BCUT2D eigenvalue weighted by Gasteiger charge is 2.19. The minimum Gasteiger partial charge on any atom is -0.344 e. The lowest BCUT2D eigenvalue weighted by molar-refractivity contribution is 0.594. The summed E-state index contributed by atoms with van der Waals surface area (Å²) in [4.78, 5) is 0. The first-order valence-corrected chi connectivity index (χ1v) is 8.18. The van der Waals surface area contributed by atoms with Crippen molar-refractivity contribution in [3.63, 3.8) is 0 Å². The van der Waals surface area contributed by atoms with E-state index in [-0.39, 0.29) is 0 Å². The van der Waals surface area contributed by atoms with Gasteiger partial charge < -0.3 is 9.88 Å².